The monoisotopic (exact) mass is 629 g/mol. The standard InChI is InChI=1S/C32H43N11O3/c1-21-28-29(38-39-37-28)36-31(33-21)34-26(30(45)42-17-9-23(10-18-42)40-13-5-2-6-14-40)19-27(44)41-15-11-24(12-16-41)43-20-22-7-3-4-8-25(22)35-32(43)46/h3-4,7-8,23-24,26H,2,5-6,9-20H2,1H3,(H,35,46)(H2,33,34,36,37,38,39)/t26-/m0/s1. The van der Waals surface area contributed by atoms with Crippen molar-refractivity contribution in [1.82, 2.24) is 45.0 Å². The number of anilines is 2. The van der Waals surface area contributed by atoms with Gasteiger partial charge in [0.05, 0.1) is 12.1 Å². The van der Waals surface area contributed by atoms with Gasteiger partial charge in [0.2, 0.25) is 23.4 Å². The predicted molar refractivity (Wildman–Crippen MR) is 172 cm³/mol. The number of fused-ring (bicyclic) bond motifs is 2. The van der Waals surface area contributed by atoms with Gasteiger partial charge in [0.1, 0.15) is 11.6 Å². The number of hydrogen-bond acceptors (Lipinski definition) is 9. The van der Waals surface area contributed by atoms with Crippen LogP contribution in [0.15, 0.2) is 24.3 Å². The topological polar surface area (TPSA) is 156 Å². The molecule has 3 fully saturated rings. The quantitative estimate of drug-likeness (QED) is 0.358. The average Bonchev–Trinajstić information content (AvgIpc) is 3.57. The van der Waals surface area contributed by atoms with Gasteiger partial charge in [-0.05, 0) is 70.2 Å². The number of aromatic nitrogens is 5. The minimum atomic E-state index is -0.815. The number of H-pyrrole nitrogens is 1. The SMILES string of the molecule is Cc1nc(N[C@@H](CC(=O)N2CCC(N3Cc4ccccc4NC3=O)CC2)C(=O)N2CCC(N3CCCCC3)CC2)nc2nn[nH]c12. The summed E-state index contributed by atoms with van der Waals surface area (Å²) in [7, 11) is 0. The van der Waals surface area contributed by atoms with E-state index in [9.17, 15) is 14.4 Å². The number of rotatable bonds is 7. The molecule has 46 heavy (non-hydrogen) atoms. The molecule has 3 N–H and O–H groups in total. The van der Waals surface area contributed by atoms with E-state index in [0.29, 0.717) is 68.5 Å². The molecule has 0 spiro atoms. The summed E-state index contributed by atoms with van der Waals surface area (Å²) in [6, 6.07) is 7.50. The van der Waals surface area contributed by atoms with Crippen LogP contribution in [0.25, 0.3) is 11.2 Å². The minimum Gasteiger partial charge on any atom is -0.342 e. The second-order valence-electron chi connectivity index (χ2n) is 13.0. The van der Waals surface area contributed by atoms with E-state index in [1.54, 1.807) is 0 Å². The van der Waals surface area contributed by atoms with Crippen molar-refractivity contribution in [3.8, 4) is 0 Å². The van der Waals surface area contributed by atoms with Crippen molar-refractivity contribution in [2.75, 3.05) is 49.9 Å². The number of amides is 4. The second-order valence-corrected chi connectivity index (χ2v) is 13.0. The zero-order chi connectivity index (χ0) is 31.6. The van der Waals surface area contributed by atoms with Gasteiger partial charge >= 0.3 is 6.03 Å². The first-order chi connectivity index (χ1) is 22.4. The summed E-state index contributed by atoms with van der Waals surface area (Å²) in [4.78, 5) is 57.8. The zero-order valence-electron chi connectivity index (χ0n) is 26.5. The molecule has 7 rings (SSSR count). The normalized spacial score (nSPS) is 20.8. The first kappa shape index (κ1) is 30.3. The molecule has 2 aromatic heterocycles. The lowest BCUT2D eigenvalue weighted by Gasteiger charge is -2.41. The highest BCUT2D eigenvalue weighted by molar-refractivity contribution is 5.93. The van der Waals surface area contributed by atoms with E-state index < -0.39 is 6.04 Å². The van der Waals surface area contributed by atoms with Crippen LogP contribution < -0.4 is 10.6 Å². The average molecular weight is 630 g/mol. The van der Waals surface area contributed by atoms with E-state index in [2.05, 4.69) is 40.9 Å². The van der Waals surface area contributed by atoms with Crippen LogP contribution in [0.5, 0.6) is 0 Å². The number of nitrogens with one attached hydrogen (secondary N) is 3. The number of para-hydroxylation sites is 1. The van der Waals surface area contributed by atoms with Crippen molar-refractivity contribution >= 4 is 40.6 Å². The number of piperidine rings is 3. The Bertz CT molecular complexity index is 1570. The molecule has 14 nitrogen and oxygen atoms in total. The molecule has 4 aliphatic heterocycles. The second kappa shape index (κ2) is 13.2. The van der Waals surface area contributed by atoms with Crippen molar-refractivity contribution < 1.29 is 14.4 Å². The Balaban J connectivity index is 1.01. The van der Waals surface area contributed by atoms with Gasteiger partial charge < -0.3 is 30.2 Å². The maximum absolute atomic E-state index is 14.0. The molecule has 1 atom stereocenters. The Morgan fingerprint density at radius 2 is 1.65 bits per heavy atom. The van der Waals surface area contributed by atoms with E-state index in [1.165, 1.54) is 19.3 Å². The van der Waals surface area contributed by atoms with Gasteiger partial charge in [0.15, 0.2) is 0 Å². The zero-order valence-corrected chi connectivity index (χ0v) is 26.5. The van der Waals surface area contributed by atoms with Crippen LogP contribution in [0.2, 0.25) is 0 Å². The summed E-state index contributed by atoms with van der Waals surface area (Å²) in [5.74, 6) is 0.0500. The lowest BCUT2D eigenvalue weighted by atomic mass is 9.98. The number of carbonyl (C=O) groups is 3. The number of benzene rings is 1. The number of likely N-dealkylation sites (tertiary alicyclic amines) is 3. The summed E-state index contributed by atoms with van der Waals surface area (Å²) in [5, 5.41) is 16.9. The summed E-state index contributed by atoms with van der Waals surface area (Å²) in [6.07, 6.45) is 7.04. The van der Waals surface area contributed by atoms with Crippen LogP contribution in [-0.4, -0.2) is 120 Å². The molecule has 6 heterocycles. The molecule has 244 valence electrons. The van der Waals surface area contributed by atoms with Gasteiger partial charge in [-0.2, -0.15) is 4.98 Å². The molecule has 3 saturated heterocycles. The molecular formula is C32H43N11O3. The third kappa shape index (κ3) is 6.35. The third-order valence-corrected chi connectivity index (χ3v) is 10.2. The van der Waals surface area contributed by atoms with Crippen molar-refractivity contribution in [2.24, 2.45) is 0 Å². The molecular weight excluding hydrogens is 586 g/mol. The highest BCUT2D eigenvalue weighted by Gasteiger charge is 2.36. The van der Waals surface area contributed by atoms with E-state index >= 15 is 0 Å². The first-order valence-corrected chi connectivity index (χ1v) is 16.7. The van der Waals surface area contributed by atoms with Crippen LogP contribution >= 0.6 is 0 Å². The molecule has 0 saturated carbocycles. The summed E-state index contributed by atoms with van der Waals surface area (Å²) < 4.78 is 0. The lowest BCUT2D eigenvalue weighted by Crippen LogP contribution is -2.53. The van der Waals surface area contributed by atoms with Crippen LogP contribution in [-0.2, 0) is 16.1 Å². The van der Waals surface area contributed by atoms with E-state index in [-0.39, 0.29) is 36.3 Å². The van der Waals surface area contributed by atoms with Crippen molar-refractivity contribution in [3.05, 3.63) is 35.5 Å². The molecule has 4 amide bonds. The number of aromatic amines is 1. The molecule has 0 bridgehead atoms. The van der Waals surface area contributed by atoms with Crippen molar-refractivity contribution in [3.63, 3.8) is 0 Å². The van der Waals surface area contributed by atoms with Crippen LogP contribution in [0.3, 0.4) is 0 Å². The number of aryl methyl sites for hydroxylation is 1. The molecule has 0 radical (unpaired) electrons. The molecule has 0 aliphatic carbocycles. The predicted octanol–water partition coefficient (Wildman–Crippen LogP) is 2.74. The Kier molecular flexibility index (Phi) is 8.69. The highest BCUT2D eigenvalue weighted by atomic mass is 16.2. The molecule has 1 aromatic carbocycles. The van der Waals surface area contributed by atoms with E-state index in [0.717, 1.165) is 37.2 Å². The fraction of sp³-hybridized carbons (Fsp3) is 0.594. The van der Waals surface area contributed by atoms with Gasteiger partial charge in [-0.3, -0.25) is 14.7 Å². The fourth-order valence-corrected chi connectivity index (χ4v) is 7.51. The molecule has 3 aromatic rings. The van der Waals surface area contributed by atoms with Gasteiger partial charge in [-0.1, -0.05) is 29.8 Å². The fourth-order valence-electron chi connectivity index (χ4n) is 7.51. The van der Waals surface area contributed by atoms with Crippen molar-refractivity contribution in [2.45, 2.75) is 83.0 Å². The third-order valence-electron chi connectivity index (χ3n) is 10.2. The van der Waals surface area contributed by atoms with Gasteiger partial charge in [-0.25, -0.2) is 9.78 Å². The molecule has 4 aliphatic rings. The van der Waals surface area contributed by atoms with Gasteiger partial charge in [0, 0.05) is 50.5 Å². The van der Waals surface area contributed by atoms with Gasteiger partial charge in [0.25, 0.3) is 0 Å². The first-order valence-electron chi connectivity index (χ1n) is 16.7. The Hall–Kier alpha value is -4.33. The Morgan fingerprint density at radius 1 is 0.935 bits per heavy atom. The number of carbonyl (C=O) groups excluding carboxylic acids is 3. The summed E-state index contributed by atoms with van der Waals surface area (Å²) in [5.41, 5.74) is 3.65. The number of urea groups is 1. The Labute approximate surface area is 268 Å². The number of hydrogen-bond donors (Lipinski definition) is 3. The Morgan fingerprint density at radius 3 is 2.43 bits per heavy atom. The van der Waals surface area contributed by atoms with Crippen LogP contribution in [0, 0.1) is 6.92 Å². The van der Waals surface area contributed by atoms with Crippen LogP contribution in [0.1, 0.15) is 62.6 Å². The lowest BCUT2D eigenvalue weighted by molar-refractivity contribution is -0.139. The van der Waals surface area contributed by atoms with E-state index in [1.807, 2.05) is 45.9 Å². The largest absolute Gasteiger partial charge is 0.342 e. The maximum atomic E-state index is 14.0. The smallest absolute Gasteiger partial charge is 0.322 e. The van der Waals surface area contributed by atoms with Crippen LogP contribution in [0.4, 0.5) is 16.4 Å². The summed E-state index contributed by atoms with van der Waals surface area (Å²) in [6.45, 7) is 7.06. The number of nitrogens with zero attached hydrogens (tertiary/aromatic N) is 8. The maximum Gasteiger partial charge on any atom is 0.322 e. The minimum absolute atomic E-state index is 0.00755. The van der Waals surface area contributed by atoms with E-state index in [4.69, 9.17) is 0 Å². The molecule has 0 unspecified atom stereocenters. The summed E-state index contributed by atoms with van der Waals surface area (Å²) >= 11 is 0. The van der Waals surface area contributed by atoms with Gasteiger partial charge in [-0.15, -0.1) is 5.10 Å². The molecule has 14 heteroatoms. The van der Waals surface area contributed by atoms with Crippen molar-refractivity contribution in [1.29, 1.82) is 0 Å². The highest BCUT2D eigenvalue weighted by Crippen LogP contribution is 2.28.